The van der Waals surface area contributed by atoms with Crippen LogP contribution < -0.4 is 0 Å². The van der Waals surface area contributed by atoms with Gasteiger partial charge in [0.15, 0.2) is 0 Å². The first-order valence-corrected chi connectivity index (χ1v) is 11.5. The summed E-state index contributed by atoms with van der Waals surface area (Å²) in [6, 6.07) is 0. The number of aliphatic hydroxyl groups excluding tert-OH is 1. The topological polar surface area (TPSA) is 80.7 Å². The second kappa shape index (κ2) is 7.18. The number of Topliss-reactive ketones (excluding diaryl/α,β-unsaturated/α-hetero) is 2. The van der Waals surface area contributed by atoms with E-state index in [-0.39, 0.29) is 40.9 Å². The van der Waals surface area contributed by atoms with Gasteiger partial charge in [0.05, 0.1) is 11.5 Å². The predicted molar refractivity (Wildman–Crippen MR) is 108 cm³/mol. The Hall–Kier alpha value is -1.23. The Morgan fingerprint density at radius 1 is 0.931 bits per heavy atom. The normalized spacial score (nSPS) is 48.8. The fourth-order valence-electron chi connectivity index (χ4n) is 8.51. The van der Waals surface area contributed by atoms with E-state index < -0.39 is 11.5 Å². The van der Waals surface area contributed by atoms with Crippen molar-refractivity contribution in [2.75, 3.05) is 0 Å². The molecule has 0 aromatic heterocycles. The fourth-order valence-corrected chi connectivity index (χ4v) is 8.51. The molecule has 4 aliphatic carbocycles. The average molecular weight is 405 g/mol. The highest BCUT2D eigenvalue weighted by Gasteiger charge is 2.67. The third kappa shape index (κ3) is 2.94. The lowest BCUT2D eigenvalue weighted by atomic mass is 9.43. The lowest BCUT2D eigenvalue weighted by Crippen LogP contribution is -2.62. The number of hydrogen-bond acceptors (Lipinski definition) is 5. The maximum absolute atomic E-state index is 12.9. The van der Waals surface area contributed by atoms with Crippen LogP contribution >= 0.6 is 0 Å². The molecular formula is C24H36O5. The van der Waals surface area contributed by atoms with E-state index in [4.69, 9.17) is 4.74 Å². The highest BCUT2D eigenvalue weighted by atomic mass is 16.5. The third-order valence-corrected chi connectivity index (χ3v) is 9.63. The molecule has 9 unspecified atom stereocenters. The number of hydrogen-bond donors (Lipinski definition) is 1. The van der Waals surface area contributed by atoms with E-state index in [1.165, 1.54) is 6.92 Å². The Morgan fingerprint density at radius 2 is 1.66 bits per heavy atom. The van der Waals surface area contributed by atoms with Crippen LogP contribution in [0.2, 0.25) is 0 Å². The standard InChI is InChI=1S/C24H36O5/c1-13(25)19-7-8-20-18-6-5-16-11-17(29-15(3)27)9-10-23(16,4)21(18)12-22(28)24(19,20)14(2)26/h16-22,28H,5-12H2,1-4H3. The first-order chi connectivity index (χ1) is 13.6. The molecule has 4 saturated carbocycles. The molecule has 0 radical (unpaired) electrons. The lowest BCUT2D eigenvalue weighted by molar-refractivity contribution is -0.187. The predicted octanol–water partition coefficient (Wildman–Crippen LogP) is 3.71. The van der Waals surface area contributed by atoms with Gasteiger partial charge < -0.3 is 9.84 Å². The first kappa shape index (κ1) is 21.0. The number of rotatable bonds is 3. The van der Waals surface area contributed by atoms with Crippen molar-refractivity contribution in [1.29, 1.82) is 0 Å². The van der Waals surface area contributed by atoms with Gasteiger partial charge in [-0.1, -0.05) is 6.92 Å². The molecule has 1 N–H and O–H groups in total. The minimum Gasteiger partial charge on any atom is -0.463 e. The van der Waals surface area contributed by atoms with Gasteiger partial charge in [-0.05, 0) is 94.3 Å². The van der Waals surface area contributed by atoms with Crippen LogP contribution in [0.5, 0.6) is 0 Å². The van der Waals surface area contributed by atoms with Crippen LogP contribution in [0.25, 0.3) is 0 Å². The van der Waals surface area contributed by atoms with Gasteiger partial charge in [-0.2, -0.15) is 0 Å². The molecule has 29 heavy (non-hydrogen) atoms. The smallest absolute Gasteiger partial charge is 0.302 e. The van der Waals surface area contributed by atoms with Gasteiger partial charge in [-0.15, -0.1) is 0 Å². The molecule has 4 aliphatic rings. The lowest BCUT2D eigenvalue weighted by Gasteiger charge is -2.62. The minimum absolute atomic E-state index is 0.0111. The molecule has 4 fully saturated rings. The second-order valence-corrected chi connectivity index (χ2v) is 10.6. The number of fused-ring (bicyclic) bond motifs is 5. The summed E-state index contributed by atoms with van der Waals surface area (Å²) in [5.41, 5.74) is -0.761. The van der Waals surface area contributed by atoms with Gasteiger partial charge in [0, 0.05) is 12.8 Å². The second-order valence-electron chi connectivity index (χ2n) is 10.6. The van der Waals surface area contributed by atoms with E-state index >= 15 is 0 Å². The number of aliphatic hydroxyl groups is 1. The van der Waals surface area contributed by atoms with Gasteiger partial charge in [0.2, 0.25) is 0 Å². The van der Waals surface area contributed by atoms with E-state index in [9.17, 15) is 19.5 Å². The van der Waals surface area contributed by atoms with Crippen LogP contribution in [0.3, 0.4) is 0 Å². The average Bonchev–Trinajstić information content (AvgIpc) is 3.05. The zero-order valence-electron chi connectivity index (χ0n) is 18.3. The van der Waals surface area contributed by atoms with Crippen molar-refractivity contribution in [3.63, 3.8) is 0 Å². The largest absolute Gasteiger partial charge is 0.463 e. The number of esters is 1. The van der Waals surface area contributed by atoms with Gasteiger partial charge in [0.25, 0.3) is 0 Å². The molecule has 162 valence electrons. The third-order valence-electron chi connectivity index (χ3n) is 9.63. The van der Waals surface area contributed by atoms with Crippen molar-refractivity contribution >= 4 is 17.5 Å². The van der Waals surface area contributed by atoms with E-state index in [1.54, 1.807) is 13.8 Å². The fraction of sp³-hybridized carbons (Fsp3) is 0.875. The summed E-state index contributed by atoms with van der Waals surface area (Å²) in [7, 11) is 0. The molecule has 0 bridgehead atoms. The summed E-state index contributed by atoms with van der Waals surface area (Å²) >= 11 is 0. The quantitative estimate of drug-likeness (QED) is 0.726. The molecule has 0 aromatic rings. The SMILES string of the molecule is CC(=O)OC1CCC2(C)C(CCC3C2CC(O)C2(C(C)=O)C(C(C)=O)CCC32)C1. The Labute approximate surface area is 174 Å². The molecule has 4 rings (SSSR count). The molecule has 0 aliphatic heterocycles. The highest BCUT2D eigenvalue weighted by Crippen LogP contribution is 2.67. The summed E-state index contributed by atoms with van der Waals surface area (Å²) in [5.74, 6) is 0.921. The summed E-state index contributed by atoms with van der Waals surface area (Å²) in [4.78, 5) is 36.8. The van der Waals surface area contributed by atoms with Crippen molar-refractivity contribution in [1.82, 2.24) is 0 Å². The molecule has 0 saturated heterocycles. The molecule has 0 aromatic carbocycles. The maximum Gasteiger partial charge on any atom is 0.302 e. The Morgan fingerprint density at radius 3 is 2.28 bits per heavy atom. The van der Waals surface area contributed by atoms with Crippen LogP contribution in [-0.4, -0.2) is 34.9 Å². The highest BCUT2D eigenvalue weighted by molar-refractivity contribution is 5.92. The van der Waals surface area contributed by atoms with Crippen LogP contribution in [-0.2, 0) is 19.1 Å². The van der Waals surface area contributed by atoms with Crippen molar-refractivity contribution in [3.8, 4) is 0 Å². The zero-order valence-corrected chi connectivity index (χ0v) is 18.3. The Bertz CT molecular complexity index is 716. The number of ether oxygens (including phenoxy) is 1. The van der Waals surface area contributed by atoms with Crippen LogP contribution in [0.15, 0.2) is 0 Å². The molecule has 9 atom stereocenters. The van der Waals surface area contributed by atoms with Crippen LogP contribution in [0, 0.1) is 40.4 Å². The molecule has 0 spiro atoms. The molecular weight excluding hydrogens is 368 g/mol. The number of carbonyl (C=O) groups excluding carboxylic acids is 3. The van der Waals surface area contributed by atoms with Crippen molar-refractivity contribution in [2.24, 2.45) is 40.4 Å². The van der Waals surface area contributed by atoms with Crippen LogP contribution in [0.4, 0.5) is 0 Å². The van der Waals surface area contributed by atoms with Crippen LogP contribution in [0.1, 0.15) is 79.1 Å². The van der Waals surface area contributed by atoms with E-state index in [0.29, 0.717) is 24.2 Å². The van der Waals surface area contributed by atoms with Crippen molar-refractivity contribution in [2.45, 2.75) is 91.3 Å². The first-order valence-electron chi connectivity index (χ1n) is 11.5. The molecule has 0 amide bonds. The van der Waals surface area contributed by atoms with Gasteiger partial charge in [-0.3, -0.25) is 14.4 Å². The van der Waals surface area contributed by atoms with Gasteiger partial charge in [-0.25, -0.2) is 0 Å². The number of carbonyl (C=O) groups is 3. The monoisotopic (exact) mass is 404 g/mol. The summed E-state index contributed by atoms with van der Waals surface area (Å²) in [5, 5.41) is 11.4. The van der Waals surface area contributed by atoms with E-state index in [2.05, 4.69) is 6.92 Å². The van der Waals surface area contributed by atoms with Crippen molar-refractivity contribution in [3.05, 3.63) is 0 Å². The van der Waals surface area contributed by atoms with E-state index in [0.717, 1.165) is 44.9 Å². The van der Waals surface area contributed by atoms with Crippen molar-refractivity contribution < 1.29 is 24.2 Å². The molecule has 5 heteroatoms. The van der Waals surface area contributed by atoms with Gasteiger partial charge >= 0.3 is 5.97 Å². The summed E-state index contributed by atoms with van der Waals surface area (Å²) in [6.07, 6.45) is 6.43. The number of ketones is 2. The maximum atomic E-state index is 12.9. The summed E-state index contributed by atoms with van der Waals surface area (Å²) < 4.78 is 5.53. The van der Waals surface area contributed by atoms with E-state index in [1.807, 2.05) is 0 Å². The molecule has 5 nitrogen and oxygen atoms in total. The van der Waals surface area contributed by atoms with Gasteiger partial charge in [0.1, 0.15) is 17.7 Å². The zero-order chi connectivity index (χ0) is 21.1. The summed E-state index contributed by atoms with van der Waals surface area (Å²) in [6.45, 7) is 7.03. The minimum atomic E-state index is -0.870. The molecule has 0 heterocycles. The Balaban J connectivity index is 1.64. The Kier molecular flexibility index (Phi) is 5.20.